The van der Waals surface area contributed by atoms with Crippen LogP contribution in [-0.4, -0.2) is 54.2 Å². The summed E-state index contributed by atoms with van der Waals surface area (Å²) in [6.45, 7) is 3.98. The van der Waals surface area contributed by atoms with Crippen LogP contribution in [0.15, 0.2) is 33.8 Å². The van der Waals surface area contributed by atoms with Crippen LogP contribution >= 0.6 is 0 Å². The number of fused-ring (bicyclic) bond motifs is 5. The number of hydrogen-bond donors (Lipinski definition) is 0. The molecule has 4 atom stereocenters. The summed E-state index contributed by atoms with van der Waals surface area (Å²) < 4.78 is 11.1. The zero-order chi connectivity index (χ0) is 17.7. The van der Waals surface area contributed by atoms with E-state index in [9.17, 15) is 9.59 Å². The number of carbonyl (C=O) groups excluding carboxylic acids is 2. The van der Waals surface area contributed by atoms with Gasteiger partial charge in [0.2, 0.25) is 0 Å². The van der Waals surface area contributed by atoms with Crippen molar-refractivity contribution in [2.24, 2.45) is 28.8 Å². The van der Waals surface area contributed by atoms with Crippen molar-refractivity contribution in [3.8, 4) is 0 Å². The Balaban J connectivity index is 1.26. The third kappa shape index (κ3) is 2.54. The fourth-order valence-electron chi connectivity index (χ4n) is 4.64. The summed E-state index contributed by atoms with van der Waals surface area (Å²) in [5.74, 6) is 1.00. The first-order valence-corrected chi connectivity index (χ1v) is 9.19. The fourth-order valence-corrected chi connectivity index (χ4v) is 4.64. The lowest BCUT2D eigenvalue weighted by molar-refractivity contribution is -0.140. The molecule has 26 heavy (non-hydrogen) atoms. The largest absolute Gasteiger partial charge is 0.459 e. The lowest BCUT2D eigenvalue weighted by Crippen LogP contribution is -2.35. The zero-order valence-corrected chi connectivity index (χ0v) is 14.4. The van der Waals surface area contributed by atoms with Crippen LogP contribution in [0.2, 0.25) is 0 Å². The molecule has 1 aromatic heterocycles. The Labute approximate surface area is 151 Å². The van der Waals surface area contributed by atoms with Crippen molar-refractivity contribution in [2.45, 2.75) is 13.0 Å². The van der Waals surface area contributed by atoms with Crippen molar-refractivity contribution < 1.29 is 18.7 Å². The van der Waals surface area contributed by atoms with E-state index in [0.29, 0.717) is 5.76 Å². The highest BCUT2D eigenvalue weighted by atomic mass is 16.5. The number of morpholine rings is 1. The number of imide groups is 1. The third-order valence-corrected chi connectivity index (χ3v) is 5.91. The molecule has 4 aliphatic rings. The van der Waals surface area contributed by atoms with Crippen LogP contribution in [0.1, 0.15) is 17.9 Å². The molecule has 136 valence electrons. The fraction of sp³-hybridized carbons (Fsp3) is 0.526. The first-order chi connectivity index (χ1) is 12.7. The van der Waals surface area contributed by atoms with Crippen molar-refractivity contribution >= 4 is 18.0 Å². The number of ether oxygens (including phenoxy) is 1. The molecule has 2 saturated heterocycles. The maximum atomic E-state index is 12.6. The second kappa shape index (κ2) is 6.17. The Morgan fingerprint density at radius 1 is 1.08 bits per heavy atom. The van der Waals surface area contributed by atoms with Gasteiger partial charge in [0.15, 0.2) is 0 Å². The summed E-state index contributed by atoms with van der Waals surface area (Å²) in [6, 6.07) is 3.72. The van der Waals surface area contributed by atoms with Crippen LogP contribution < -0.4 is 0 Å². The smallest absolute Gasteiger partial charge is 0.254 e. The minimum Gasteiger partial charge on any atom is -0.459 e. The van der Waals surface area contributed by atoms with E-state index in [1.54, 1.807) is 0 Å². The van der Waals surface area contributed by atoms with E-state index in [1.165, 1.54) is 6.21 Å². The standard InChI is InChI=1S/C19H21N3O4/c23-18-16-12-1-2-13(9-12)17(16)19(24)22(18)20-10-14-3-4-15(26-14)11-21-5-7-25-8-6-21/h1-4,10,12-13,16-17H,5-9,11H2/b20-10-/t12-,13-,16-,17+/m0/s1. The number of furan rings is 1. The molecule has 2 aliphatic carbocycles. The molecule has 5 rings (SSSR count). The van der Waals surface area contributed by atoms with Crippen LogP contribution in [0.3, 0.4) is 0 Å². The highest BCUT2D eigenvalue weighted by Crippen LogP contribution is 2.52. The van der Waals surface area contributed by atoms with Crippen molar-refractivity contribution in [3.05, 3.63) is 35.8 Å². The van der Waals surface area contributed by atoms with E-state index >= 15 is 0 Å². The SMILES string of the molecule is O=C1[C@@H]2[C@H](C(=O)N1/N=C\c1ccc(CN3CCOCC3)o1)[C@H]1C=C[C@H]2C1. The van der Waals surface area contributed by atoms with E-state index < -0.39 is 0 Å². The van der Waals surface area contributed by atoms with Crippen LogP contribution in [-0.2, 0) is 20.9 Å². The van der Waals surface area contributed by atoms with Gasteiger partial charge in [-0.1, -0.05) is 12.2 Å². The first-order valence-electron chi connectivity index (χ1n) is 9.19. The van der Waals surface area contributed by atoms with Crippen molar-refractivity contribution in [1.29, 1.82) is 0 Å². The lowest BCUT2D eigenvalue weighted by atomic mass is 9.85. The number of nitrogens with zero attached hydrogens (tertiary/aromatic N) is 3. The van der Waals surface area contributed by atoms with Gasteiger partial charge in [0, 0.05) is 13.1 Å². The quantitative estimate of drug-likeness (QED) is 0.462. The van der Waals surface area contributed by atoms with Gasteiger partial charge >= 0.3 is 0 Å². The van der Waals surface area contributed by atoms with Crippen molar-refractivity contribution in [3.63, 3.8) is 0 Å². The molecule has 0 N–H and O–H groups in total. The van der Waals surface area contributed by atoms with Gasteiger partial charge in [0.25, 0.3) is 11.8 Å². The van der Waals surface area contributed by atoms with Gasteiger partial charge in [-0.2, -0.15) is 10.1 Å². The summed E-state index contributed by atoms with van der Waals surface area (Å²) in [7, 11) is 0. The Hall–Kier alpha value is -2.25. The lowest BCUT2D eigenvalue weighted by Gasteiger charge is -2.25. The number of amides is 2. The van der Waals surface area contributed by atoms with E-state index in [2.05, 4.69) is 22.2 Å². The zero-order valence-electron chi connectivity index (χ0n) is 14.4. The average Bonchev–Trinajstić information content (AvgIpc) is 3.41. The van der Waals surface area contributed by atoms with Crippen LogP contribution in [0.5, 0.6) is 0 Å². The molecule has 2 amide bonds. The molecule has 0 radical (unpaired) electrons. The van der Waals surface area contributed by atoms with Gasteiger partial charge in [-0.15, -0.1) is 0 Å². The van der Waals surface area contributed by atoms with Gasteiger partial charge in [0.05, 0.1) is 37.8 Å². The summed E-state index contributed by atoms with van der Waals surface area (Å²) >= 11 is 0. The number of hydrogen-bond acceptors (Lipinski definition) is 6. The second-order valence-electron chi connectivity index (χ2n) is 7.43. The Kier molecular flexibility index (Phi) is 3.79. The van der Waals surface area contributed by atoms with Gasteiger partial charge in [-0.05, 0) is 30.4 Å². The molecular weight excluding hydrogens is 334 g/mol. The van der Waals surface area contributed by atoms with Crippen LogP contribution in [0.4, 0.5) is 0 Å². The number of rotatable bonds is 4. The molecule has 1 saturated carbocycles. The number of carbonyl (C=O) groups is 2. The van der Waals surface area contributed by atoms with Crippen molar-refractivity contribution in [2.75, 3.05) is 26.3 Å². The molecular formula is C19H21N3O4. The molecule has 3 fully saturated rings. The van der Waals surface area contributed by atoms with Gasteiger partial charge < -0.3 is 9.15 Å². The van der Waals surface area contributed by atoms with Gasteiger partial charge in [0.1, 0.15) is 11.5 Å². The minimum absolute atomic E-state index is 0.173. The highest BCUT2D eigenvalue weighted by molar-refractivity contribution is 6.06. The summed E-state index contributed by atoms with van der Waals surface area (Å²) in [5.41, 5.74) is 0. The van der Waals surface area contributed by atoms with Crippen molar-refractivity contribution in [1.82, 2.24) is 9.91 Å². The monoisotopic (exact) mass is 355 g/mol. The van der Waals surface area contributed by atoms with Crippen LogP contribution in [0, 0.1) is 23.7 Å². The average molecular weight is 355 g/mol. The Morgan fingerprint density at radius 2 is 1.77 bits per heavy atom. The summed E-state index contributed by atoms with van der Waals surface area (Å²) in [5, 5.41) is 5.20. The molecule has 7 heteroatoms. The first kappa shape index (κ1) is 16.0. The highest BCUT2D eigenvalue weighted by Gasteiger charge is 2.59. The number of allylic oxidation sites excluding steroid dienone is 2. The molecule has 0 unspecified atom stereocenters. The predicted octanol–water partition coefficient (Wildman–Crippen LogP) is 1.25. The Bertz CT molecular complexity index is 762. The molecule has 0 aromatic carbocycles. The molecule has 0 spiro atoms. The van der Waals surface area contributed by atoms with E-state index in [4.69, 9.17) is 9.15 Å². The van der Waals surface area contributed by atoms with E-state index in [1.807, 2.05) is 12.1 Å². The topological polar surface area (TPSA) is 75.4 Å². The number of hydrazone groups is 1. The summed E-state index contributed by atoms with van der Waals surface area (Å²) in [4.78, 5) is 27.4. The molecule has 2 bridgehead atoms. The van der Waals surface area contributed by atoms with Gasteiger partial charge in [-0.25, -0.2) is 0 Å². The second-order valence-corrected chi connectivity index (χ2v) is 7.43. The molecule has 1 aromatic rings. The van der Waals surface area contributed by atoms with Gasteiger partial charge in [-0.3, -0.25) is 14.5 Å². The molecule has 3 heterocycles. The minimum atomic E-state index is -0.219. The molecule has 7 nitrogen and oxygen atoms in total. The molecule has 2 aliphatic heterocycles. The Morgan fingerprint density at radius 3 is 2.46 bits per heavy atom. The normalized spacial score (nSPS) is 33.8. The maximum Gasteiger partial charge on any atom is 0.254 e. The van der Waals surface area contributed by atoms with Crippen LogP contribution in [0.25, 0.3) is 0 Å². The predicted molar refractivity (Wildman–Crippen MR) is 92.0 cm³/mol. The van der Waals surface area contributed by atoms with E-state index in [-0.39, 0.29) is 35.5 Å². The maximum absolute atomic E-state index is 12.6. The van der Waals surface area contributed by atoms with E-state index in [0.717, 1.165) is 50.0 Å². The third-order valence-electron chi connectivity index (χ3n) is 5.91. The summed E-state index contributed by atoms with van der Waals surface area (Å²) in [6.07, 6.45) is 6.55.